The molecule has 2 atom stereocenters. The number of methoxy groups -OCH3 is 1. The van der Waals surface area contributed by atoms with Crippen molar-refractivity contribution >= 4 is 17.8 Å². The minimum atomic E-state index is -0.786. The van der Waals surface area contributed by atoms with Gasteiger partial charge in [-0.2, -0.15) is 0 Å². The summed E-state index contributed by atoms with van der Waals surface area (Å²) in [5.74, 6) is -0.761. The van der Waals surface area contributed by atoms with Crippen LogP contribution < -0.4 is 5.32 Å². The highest BCUT2D eigenvalue weighted by Gasteiger charge is 2.28. The van der Waals surface area contributed by atoms with E-state index in [4.69, 9.17) is 4.74 Å². The number of ether oxygens (including phenoxy) is 2. The second kappa shape index (κ2) is 10.2. The van der Waals surface area contributed by atoms with Crippen LogP contribution in [0.5, 0.6) is 0 Å². The summed E-state index contributed by atoms with van der Waals surface area (Å²) in [4.78, 5) is 35.3. The molecule has 0 aromatic heterocycles. The van der Waals surface area contributed by atoms with Gasteiger partial charge in [-0.3, -0.25) is 4.79 Å². The zero-order valence-electron chi connectivity index (χ0n) is 13.6. The molecule has 2 unspecified atom stereocenters. The van der Waals surface area contributed by atoms with Gasteiger partial charge in [0.2, 0.25) is 0 Å². The van der Waals surface area contributed by atoms with E-state index in [0.29, 0.717) is 19.3 Å². The first kappa shape index (κ1) is 19.4. The third kappa shape index (κ3) is 7.11. The SMILES string of the molecule is CCCC(=O)C(CCC)OC(=O)NC(C(=O)OC)C(C)C. The molecule has 6 heteroatoms. The van der Waals surface area contributed by atoms with E-state index < -0.39 is 24.2 Å². The third-order valence-corrected chi connectivity index (χ3v) is 3.05. The molecule has 0 aliphatic heterocycles. The number of nitrogens with one attached hydrogen (secondary N) is 1. The quantitative estimate of drug-likeness (QED) is 0.661. The molecular weight excluding hydrogens is 274 g/mol. The minimum Gasteiger partial charge on any atom is -0.467 e. The van der Waals surface area contributed by atoms with Crippen LogP contribution in [0.25, 0.3) is 0 Å². The molecule has 0 fully saturated rings. The third-order valence-electron chi connectivity index (χ3n) is 3.05. The van der Waals surface area contributed by atoms with Crippen molar-refractivity contribution in [3.8, 4) is 0 Å². The molecule has 0 rings (SSSR count). The van der Waals surface area contributed by atoms with Gasteiger partial charge >= 0.3 is 12.1 Å². The smallest absolute Gasteiger partial charge is 0.408 e. The fraction of sp³-hybridized carbons (Fsp3) is 0.800. The maximum Gasteiger partial charge on any atom is 0.408 e. The molecule has 0 spiro atoms. The van der Waals surface area contributed by atoms with Crippen LogP contribution in [-0.4, -0.2) is 37.1 Å². The number of amides is 1. The standard InChI is InChI=1S/C15H27NO5/c1-6-8-11(17)12(9-7-2)21-15(19)16-13(10(3)4)14(18)20-5/h10,12-13H,6-9H2,1-5H3,(H,16,19). The lowest BCUT2D eigenvalue weighted by molar-refractivity contribution is -0.144. The van der Waals surface area contributed by atoms with Crippen LogP contribution in [0.4, 0.5) is 4.79 Å². The van der Waals surface area contributed by atoms with E-state index in [0.717, 1.165) is 6.42 Å². The van der Waals surface area contributed by atoms with Crippen molar-refractivity contribution in [3.05, 3.63) is 0 Å². The number of hydrogen-bond donors (Lipinski definition) is 1. The Kier molecular flexibility index (Phi) is 9.41. The van der Waals surface area contributed by atoms with Gasteiger partial charge in [0.25, 0.3) is 0 Å². The first-order valence-electron chi connectivity index (χ1n) is 7.44. The Morgan fingerprint density at radius 3 is 2.14 bits per heavy atom. The molecule has 0 bridgehead atoms. The fourth-order valence-electron chi connectivity index (χ4n) is 1.87. The molecule has 6 nitrogen and oxygen atoms in total. The Balaban J connectivity index is 4.67. The van der Waals surface area contributed by atoms with E-state index in [-0.39, 0.29) is 11.7 Å². The van der Waals surface area contributed by atoms with Gasteiger partial charge in [0.05, 0.1) is 7.11 Å². The van der Waals surface area contributed by atoms with Crippen LogP contribution in [0.1, 0.15) is 53.4 Å². The summed E-state index contributed by atoms with van der Waals surface area (Å²) in [6.45, 7) is 7.38. The number of hydrogen-bond acceptors (Lipinski definition) is 5. The zero-order chi connectivity index (χ0) is 16.4. The molecule has 0 saturated carbocycles. The van der Waals surface area contributed by atoms with E-state index in [9.17, 15) is 14.4 Å². The van der Waals surface area contributed by atoms with E-state index in [1.54, 1.807) is 13.8 Å². The zero-order valence-corrected chi connectivity index (χ0v) is 13.6. The minimum absolute atomic E-state index is 0.0892. The van der Waals surface area contributed by atoms with Crippen LogP contribution in [0.2, 0.25) is 0 Å². The summed E-state index contributed by atoms with van der Waals surface area (Å²) < 4.78 is 9.81. The molecule has 0 saturated heterocycles. The average Bonchev–Trinajstić information content (AvgIpc) is 2.43. The van der Waals surface area contributed by atoms with Crippen LogP contribution in [0, 0.1) is 5.92 Å². The molecular formula is C15H27NO5. The lowest BCUT2D eigenvalue weighted by atomic mass is 10.1. The molecule has 0 heterocycles. The van der Waals surface area contributed by atoms with Crippen molar-refractivity contribution in [3.63, 3.8) is 0 Å². The van der Waals surface area contributed by atoms with Gasteiger partial charge in [0.15, 0.2) is 11.9 Å². The van der Waals surface area contributed by atoms with E-state index in [2.05, 4.69) is 10.1 Å². The summed E-state index contributed by atoms with van der Waals surface area (Å²) >= 11 is 0. The van der Waals surface area contributed by atoms with Crippen LogP contribution >= 0.6 is 0 Å². The number of esters is 1. The van der Waals surface area contributed by atoms with E-state index in [1.165, 1.54) is 7.11 Å². The highest BCUT2D eigenvalue weighted by atomic mass is 16.6. The average molecular weight is 301 g/mol. The molecule has 0 aliphatic rings. The number of carbonyl (C=O) groups is 3. The Hall–Kier alpha value is -1.59. The highest BCUT2D eigenvalue weighted by molar-refractivity contribution is 5.86. The van der Waals surface area contributed by atoms with Crippen molar-refractivity contribution in [1.29, 1.82) is 0 Å². The molecule has 0 aromatic rings. The number of carbonyl (C=O) groups excluding carboxylic acids is 3. The predicted molar refractivity (Wildman–Crippen MR) is 78.9 cm³/mol. The summed E-state index contributed by atoms with van der Waals surface area (Å²) in [6.07, 6.45) is 0.792. The summed E-state index contributed by atoms with van der Waals surface area (Å²) in [5, 5.41) is 2.47. The van der Waals surface area contributed by atoms with E-state index >= 15 is 0 Å². The first-order valence-corrected chi connectivity index (χ1v) is 7.44. The Morgan fingerprint density at radius 1 is 1.10 bits per heavy atom. The first-order chi connectivity index (χ1) is 9.87. The molecule has 0 aromatic carbocycles. The topological polar surface area (TPSA) is 81.7 Å². The van der Waals surface area contributed by atoms with Gasteiger partial charge < -0.3 is 14.8 Å². The lowest BCUT2D eigenvalue weighted by Crippen LogP contribution is -2.46. The highest BCUT2D eigenvalue weighted by Crippen LogP contribution is 2.10. The summed E-state index contributed by atoms with van der Waals surface area (Å²) in [5.41, 5.74) is 0. The van der Waals surface area contributed by atoms with Crippen LogP contribution in [0.3, 0.4) is 0 Å². The predicted octanol–water partition coefficient (Wildman–Crippen LogP) is 2.45. The van der Waals surface area contributed by atoms with Gasteiger partial charge in [-0.1, -0.05) is 34.1 Å². The Labute approximate surface area is 126 Å². The number of alkyl carbamates (subject to hydrolysis) is 1. The van der Waals surface area contributed by atoms with Crippen molar-refractivity contribution in [2.75, 3.05) is 7.11 Å². The van der Waals surface area contributed by atoms with Gasteiger partial charge in [0.1, 0.15) is 6.04 Å². The second-order valence-corrected chi connectivity index (χ2v) is 5.29. The van der Waals surface area contributed by atoms with Crippen molar-refractivity contribution < 1.29 is 23.9 Å². The fourth-order valence-corrected chi connectivity index (χ4v) is 1.87. The molecule has 1 amide bonds. The largest absolute Gasteiger partial charge is 0.467 e. The van der Waals surface area contributed by atoms with Crippen LogP contribution in [0.15, 0.2) is 0 Å². The van der Waals surface area contributed by atoms with Crippen molar-refractivity contribution in [2.24, 2.45) is 5.92 Å². The van der Waals surface area contributed by atoms with Gasteiger partial charge in [-0.25, -0.2) is 9.59 Å². The molecule has 122 valence electrons. The molecule has 21 heavy (non-hydrogen) atoms. The number of ketones is 1. The summed E-state index contributed by atoms with van der Waals surface area (Å²) in [6, 6.07) is -0.786. The maximum absolute atomic E-state index is 11.9. The maximum atomic E-state index is 11.9. The number of rotatable bonds is 9. The lowest BCUT2D eigenvalue weighted by Gasteiger charge is -2.22. The van der Waals surface area contributed by atoms with Gasteiger partial charge in [-0.15, -0.1) is 0 Å². The van der Waals surface area contributed by atoms with Gasteiger partial charge in [-0.05, 0) is 18.8 Å². The van der Waals surface area contributed by atoms with Gasteiger partial charge in [0, 0.05) is 6.42 Å². The second-order valence-electron chi connectivity index (χ2n) is 5.29. The Morgan fingerprint density at radius 2 is 1.71 bits per heavy atom. The number of Topliss-reactive ketones (excluding diaryl/α,β-unsaturated/α-hetero) is 1. The normalized spacial score (nSPS) is 13.4. The van der Waals surface area contributed by atoms with E-state index in [1.807, 2.05) is 13.8 Å². The van der Waals surface area contributed by atoms with Crippen molar-refractivity contribution in [1.82, 2.24) is 5.32 Å². The monoisotopic (exact) mass is 301 g/mol. The Bertz CT molecular complexity index is 354. The molecule has 1 N–H and O–H groups in total. The van der Waals surface area contributed by atoms with Crippen LogP contribution in [-0.2, 0) is 19.1 Å². The summed E-state index contributed by atoms with van der Waals surface area (Å²) in [7, 11) is 1.26. The van der Waals surface area contributed by atoms with Crippen molar-refractivity contribution in [2.45, 2.75) is 65.5 Å². The molecule has 0 aliphatic carbocycles. The molecule has 0 radical (unpaired) electrons.